The Morgan fingerprint density at radius 1 is 0.686 bits per heavy atom. The van der Waals surface area contributed by atoms with E-state index in [0.717, 1.165) is 38.9 Å². The van der Waals surface area contributed by atoms with E-state index in [-0.39, 0.29) is 20.4 Å². The number of rotatable bonds is 7. The Balaban J connectivity index is 0.00000374. The minimum absolute atomic E-state index is 0. The van der Waals surface area contributed by atoms with Crippen LogP contribution in [0.2, 0.25) is 0 Å². The molecule has 0 spiro atoms. The summed E-state index contributed by atoms with van der Waals surface area (Å²) in [5, 5.41) is 9.51. The molecule has 9 rings (SSSR count). The molecule has 0 unspecified atom stereocenters. The summed E-state index contributed by atoms with van der Waals surface area (Å²) in [6.45, 7) is 8.99. The van der Waals surface area contributed by atoms with Crippen LogP contribution in [-0.2, 0) is 20.4 Å². The van der Waals surface area contributed by atoms with Crippen LogP contribution < -0.4 is 4.74 Å². The Labute approximate surface area is 314 Å². The minimum Gasteiger partial charge on any atom is -0.509 e. The second-order valence-electron chi connectivity index (χ2n) is 13.3. The van der Waals surface area contributed by atoms with E-state index >= 15 is 0 Å². The average Bonchev–Trinajstić information content (AvgIpc) is 3.86. The number of benzene rings is 5. The average molecular weight is 773 g/mol. The Kier molecular flexibility index (Phi) is 8.60. The van der Waals surface area contributed by atoms with Gasteiger partial charge in [0.15, 0.2) is 0 Å². The van der Waals surface area contributed by atoms with Crippen LogP contribution in [0.1, 0.15) is 50.7 Å². The van der Waals surface area contributed by atoms with Crippen molar-refractivity contribution in [2.75, 3.05) is 0 Å². The van der Waals surface area contributed by atoms with Gasteiger partial charge in [0.05, 0.1) is 11.7 Å². The van der Waals surface area contributed by atoms with Gasteiger partial charge in [0.2, 0.25) is 0 Å². The third-order valence-electron chi connectivity index (χ3n) is 9.49. The van der Waals surface area contributed by atoms with Crippen LogP contribution in [0, 0.1) is 12.1 Å². The van der Waals surface area contributed by atoms with E-state index < -0.39 is 0 Å². The van der Waals surface area contributed by atoms with E-state index in [4.69, 9.17) is 14.8 Å². The maximum Gasteiger partial charge on any atom is 2.00 e. The van der Waals surface area contributed by atoms with Crippen LogP contribution in [-0.4, -0.2) is 19.3 Å². The number of hydrogen-bond donors (Lipinski definition) is 0. The first-order chi connectivity index (χ1) is 24.4. The first kappa shape index (κ1) is 33.1. The number of thiophene rings is 1. The fourth-order valence-corrected chi connectivity index (χ4v) is 8.32. The molecule has 0 amide bonds. The van der Waals surface area contributed by atoms with E-state index in [2.05, 4.69) is 111 Å². The molecular weight excluding hydrogens is 739 g/mol. The number of aromatic nitrogens is 4. The van der Waals surface area contributed by atoms with Crippen LogP contribution in [0.3, 0.4) is 0 Å². The zero-order valence-electron chi connectivity index (χ0n) is 28.6. The first-order valence-electron chi connectivity index (χ1n) is 17.0. The van der Waals surface area contributed by atoms with Crippen molar-refractivity contribution in [1.82, 2.24) is 19.3 Å². The Morgan fingerprint density at radius 2 is 1.43 bits per heavy atom. The van der Waals surface area contributed by atoms with Gasteiger partial charge in [0, 0.05) is 49.6 Å². The Hall–Kier alpha value is -5.06. The molecule has 0 aliphatic rings. The van der Waals surface area contributed by atoms with E-state index in [9.17, 15) is 0 Å². The van der Waals surface area contributed by atoms with Gasteiger partial charge in [-0.1, -0.05) is 81.7 Å². The smallest absolute Gasteiger partial charge is 0.509 e. The molecule has 51 heavy (non-hydrogen) atoms. The van der Waals surface area contributed by atoms with Crippen molar-refractivity contribution in [1.29, 1.82) is 0 Å². The van der Waals surface area contributed by atoms with Crippen molar-refractivity contribution in [3.63, 3.8) is 0 Å². The molecular formula is C44H34N4OPdS. The van der Waals surface area contributed by atoms with E-state index in [0.29, 0.717) is 23.3 Å². The molecule has 9 aromatic rings. The third-order valence-corrected chi connectivity index (χ3v) is 10.6. The van der Waals surface area contributed by atoms with Gasteiger partial charge >= 0.3 is 20.4 Å². The molecule has 5 nitrogen and oxygen atoms in total. The maximum atomic E-state index is 6.49. The van der Waals surface area contributed by atoms with Gasteiger partial charge in [-0.3, -0.25) is 4.68 Å². The van der Waals surface area contributed by atoms with Crippen LogP contribution >= 0.6 is 11.3 Å². The first-order valence-corrected chi connectivity index (χ1v) is 17.9. The maximum absolute atomic E-state index is 6.49. The topological polar surface area (TPSA) is 44.9 Å². The van der Waals surface area contributed by atoms with Crippen LogP contribution in [0.4, 0.5) is 0 Å². The largest absolute Gasteiger partial charge is 2.00 e. The fourth-order valence-electron chi connectivity index (χ4n) is 7.21. The summed E-state index contributed by atoms with van der Waals surface area (Å²) in [7, 11) is 0. The second kappa shape index (κ2) is 13.2. The summed E-state index contributed by atoms with van der Waals surface area (Å²) >= 11 is 1.82. The SMILES string of the molecule is CC(C)c1cccc(C(C)C)c1-c1cnn(-c2[c-]c(Oc3[c-]c4c(cc3)c3ccc5sc6ccccc6c5c3n4-c3ccccn3)ccc2)c1.[Pd+2]. The molecule has 0 fully saturated rings. The zero-order valence-corrected chi connectivity index (χ0v) is 31.0. The van der Waals surface area contributed by atoms with E-state index in [1.807, 2.05) is 70.9 Å². The van der Waals surface area contributed by atoms with Crippen LogP contribution in [0.5, 0.6) is 11.5 Å². The molecule has 252 valence electrons. The van der Waals surface area contributed by atoms with Crippen molar-refractivity contribution >= 4 is 53.3 Å². The molecule has 0 radical (unpaired) electrons. The summed E-state index contributed by atoms with van der Waals surface area (Å²) in [4.78, 5) is 4.79. The van der Waals surface area contributed by atoms with Gasteiger partial charge in [-0.2, -0.15) is 17.2 Å². The number of ether oxygens (including phenoxy) is 1. The minimum atomic E-state index is 0. The van der Waals surface area contributed by atoms with Gasteiger partial charge in [0.1, 0.15) is 5.82 Å². The predicted octanol–water partition coefficient (Wildman–Crippen LogP) is 12.0. The van der Waals surface area contributed by atoms with Gasteiger partial charge in [-0.25, -0.2) is 4.98 Å². The molecule has 0 N–H and O–H groups in total. The van der Waals surface area contributed by atoms with Crippen molar-refractivity contribution in [2.45, 2.75) is 39.5 Å². The Morgan fingerprint density at radius 3 is 2.22 bits per heavy atom. The number of pyridine rings is 1. The summed E-state index contributed by atoms with van der Waals surface area (Å²) < 4.78 is 13.1. The third kappa shape index (κ3) is 5.67. The van der Waals surface area contributed by atoms with E-state index in [1.54, 1.807) is 0 Å². The second-order valence-corrected chi connectivity index (χ2v) is 14.4. The number of nitrogens with zero attached hydrogens (tertiary/aromatic N) is 4. The summed E-state index contributed by atoms with van der Waals surface area (Å²) in [5.41, 5.74) is 7.89. The normalized spacial score (nSPS) is 11.7. The molecule has 0 saturated carbocycles. The monoisotopic (exact) mass is 772 g/mol. The molecule has 0 atom stereocenters. The van der Waals surface area contributed by atoms with Crippen molar-refractivity contribution in [3.8, 4) is 34.1 Å². The molecule has 7 heteroatoms. The molecule has 4 heterocycles. The van der Waals surface area contributed by atoms with Crippen molar-refractivity contribution < 1.29 is 25.2 Å². The van der Waals surface area contributed by atoms with Crippen molar-refractivity contribution in [3.05, 3.63) is 145 Å². The molecule has 0 aliphatic carbocycles. The standard InChI is InChI=1S/C44H34N4OS.Pd/c1-27(2)33-14-10-15-34(28(3)4)42(33)29-25-46-47(26-29)30-11-9-12-31(23-30)49-32-18-19-35-36-20-21-40-43(37-13-5-6-16-39(37)50-40)44(36)48(38(35)24-32)41-17-7-8-22-45-41;/h5-22,25-28H,1-4H3;/q-2;+2. The van der Waals surface area contributed by atoms with Gasteiger partial charge in [-0.15, -0.1) is 47.1 Å². The molecule has 0 aliphatic heterocycles. The van der Waals surface area contributed by atoms with Gasteiger partial charge < -0.3 is 9.30 Å². The Bertz CT molecular complexity index is 2680. The van der Waals surface area contributed by atoms with Crippen molar-refractivity contribution in [2.24, 2.45) is 0 Å². The summed E-state index contributed by atoms with van der Waals surface area (Å²) in [5.74, 6) is 2.83. The predicted molar refractivity (Wildman–Crippen MR) is 206 cm³/mol. The summed E-state index contributed by atoms with van der Waals surface area (Å²) in [6, 6.07) is 42.8. The molecule has 0 saturated heterocycles. The molecule has 0 bridgehead atoms. The van der Waals surface area contributed by atoms with Gasteiger partial charge in [0.25, 0.3) is 0 Å². The number of hydrogen-bond acceptors (Lipinski definition) is 4. The van der Waals surface area contributed by atoms with E-state index in [1.165, 1.54) is 36.9 Å². The number of fused-ring (bicyclic) bond motifs is 7. The molecule has 5 aromatic carbocycles. The van der Waals surface area contributed by atoms with Crippen LogP contribution in [0.15, 0.2) is 122 Å². The fraction of sp³-hybridized carbons (Fsp3) is 0.136. The van der Waals surface area contributed by atoms with Gasteiger partial charge in [-0.05, 0) is 63.9 Å². The van der Waals surface area contributed by atoms with Crippen LogP contribution in [0.25, 0.3) is 64.6 Å². The summed E-state index contributed by atoms with van der Waals surface area (Å²) in [6.07, 6.45) is 5.90. The zero-order chi connectivity index (χ0) is 33.9. The quantitative estimate of drug-likeness (QED) is 0.120. The molecule has 4 aromatic heterocycles.